The molecule has 0 aliphatic carbocycles. The molecule has 3 N–H and O–H groups in total. The van der Waals surface area contributed by atoms with Crippen LogP contribution < -0.4 is 11.1 Å². The molecule has 0 heterocycles. The monoisotopic (exact) mass is 266 g/mol. The largest absolute Gasteiger partial charge is 0.344 e. The number of rotatable bonds is 8. The fourth-order valence-corrected chi connectivity index (χ4v) is 2.66. The van der Waals surface area contributed by atoms with Crippen molar-refractivity contribution >= 4 is 17.7 Å². The summed E-state index contributed by atoms with van der Waals surface area (Å²) < 4.78 is 0. The highest BCUT2D eigenvalue weighted by molar-refractivity contribution is 7.99. The molecule has 1 amide bonds. The molecule has 0 radical (unpaired) electrons. The first-order chi connectivity index (χ1) is 8.76. The Morgan fingerprint density at radius 1 is 1.39 bits per heavy atom. The molecule has 1 aromatic rings. The lowest BCUT2D eigenvalue weighted by Gasteiger charge is -2.17. The van der Waals surface area contributed by atoms with E-state index in [9.17, 15) is 4.79 Å². The topological polar surface area (TPSA) is 55.1 Å². The molecule has 0 saturated carbocycles. The Hall–Kier alpha value is -1.00. The first-order valence-corrected chi connectivity index (χ1v) is 7.46. The SMILES string of the molecule is CCSC(CCCN)NC(=O)Cc1ccccc1. The third kappa shape index (κ3) is 6.07. The van der Waals surface area contributed by atoms with E-state index in [1.807, 2.05) is 30.3 Å². The molecule has 3 nitrogen and oxygen atoms in total. The van der Waals surface area contributed by atoms with Gasteiger partial charge in [0.25, 0.3) is 0 Å². The van der Waals surface area contributed by atoms with Gasteiger partial charge in [-0.25, -0.2) is 0 Å². The number of hydrogen-bond acceptors (Lipinski definition) is 3. The van der Waals surface area contributed by atoms with Crippen LogP contribution in [0.15, 0.2) is 30.3 Å². The number of nitrogens with two attached hydrogens (primary N) is 1. The Balaban J connectivity index is 2.40. The summed E-state index contributed by atoms with van der Waals surface area (Å²) >= 11 is 1.77. The van der Waals surface area contributed by atoms with Gasteiger partial charge in [-0.15, -0.1) is 11.8 Å². The molecule has 1 aromatic carbocycles. The second-order valence-corrected chi connectivity index (χ2v) is 5.58. The van der Waals surface area contributed by atoms with Crippen molar-refractivity contribution in [1.82, 2.24) is 5.32 Å². The summed E-state index contributed by atoms with van der Waals surface area (Å²) in [5, 5.41) is 3.26. The average Bonchev–Trinajstić information content (AvgIpc) is 2.37. The number of thioether (sulfide) groups is 1. The van der Waals surface area contributed by atoms with Crippen molar-refractivity contribution in [2.75, 3.05) is 12.3 Å². The molecule has 0 spiro atoms. The van der Waals surface area contributed by atoms with E-state index in [4.69, 9.17) is 5.73 Å². The maximum absolute atomic E-state index is 11.9. The first kappa shape index (κ1) is 15.1. The summed E-state index contributed by atoms with van der Waals surface area (Å²) in [4.78, 5) is 11.9. The van der Waals surface area contributed by atoms with Gasteiger partial charge in [0.2, 0.25) is 5.91 Å². The van der Waals surface area contributed by atoms with Crippen LogP contribution in [-0.2, 0) is 11.2 Å². The van der Waals surface area contributed by atoms with Crippen LogP contribution in [0.4, 0.5) is 0 Å². The Labute approximate surface area is 114 Å². The van der Waals surface area contributed by atoms with E-state index in [0.29, 0.717) is 13.0 Å². The second-order valence-electron chi connectivity index (χ2n) is 4.10. The number of carbonyl (C=O) groups is 1. The van der Waals surface area contributed by atoms with Crippen LogP contribution in [0, 0.1) is 0 Å². The molecule has 0 aliphatic heterocycles. The standard InChI is InChI=1S/C14H22N2OS/c1-2-18-14(9-6-10-15)16-13(17)11-12-7-4-3-5-8-12/h3-5,7-8,14H,2,6,9-11,15H2,1H3,(H,16,17). The molecule has 18 heavy (non-hydrogen) atoms. The van der Waals surface area contributed by atoms with Gasteiger partial charge >= 0.3 is 0 Å². The summed E-state index contributed by atoms with van der Waals surface area (Å²) in [5.41, 5.74) is 6.56. The number of nitrogens with one attached hydrogen (secondary N) is 1. The van der Waals surface area contributed by atoms with E-state index >= 15 is 0 Å². The zero-order valence-electron chi connectivity index (χ0n) is 10.9. The third-order valence-corrected chi connectivity index (χ3v) is 3.66. The van der Waals surface area contributed by atoms with Gasteiger partial charge in [0.05, 0.1) is 11.8 Å². The van der Waals surface area contributed by atoms with Gasteiger partial charge in [-0.05, 0) is 30.7 Å². The van der Waals surface area contributed by atoms with Crippen LogP contribution in [0.5, 0.6) is 0 Å². The van der Waals surface area contributed by atoms with Crippen LogP contribution in [0.2, 0.25) is 0 Å². The highest BCUT2D eigenvalue weighted by Gasteiger charge is 2.11. The molecular formula is C14H22N2OS. The van der Waals surface area contributed by atoms with Crippen molar-refractivity contribution in [2.45, 2.75) is 31.6 Å². The second kappa shape index (κ2) is 9.00. The number of benzene rings is 1. The zero-order valence-corrected chi connectivity index (χ0v) is 11.7. The first-order valence-electron chi connectivity index (χ1n) is 6.41. The predicted octanol–water partition coefficient (Wildman–Crippen LogP) is 2.16. The van der Waals surface area contributed by atoms with Crippen molar-refractivity contribution in [2.24, 2.45) is 5.73 Å². The molecule has 1 rings (SSSR count). The number of hydrogen-bond donors (Lipinski definition) is 2. The number of amides is 1. The van der Waals surface area contributed by atoms with Crippen LogP contribution in [0.1, 0.15) is 25.3 Å². The van der Waals surface area contributed by atoms with Gasteiger partial charge in [0.15, 0.2) is 0 Å². The summed E-state index contributed by atoms with van der Waals surface area (Å²) in [6.45, 7) is 2.78. The van der Waals surface area contributed by atoms with E-state index in [2.05, 4.69) is 12.2 Å². The highest BCUT2D eigenvalue weighted by Crippen LogP contribution is 2.13. The molecule has 0 fully saturated rings. The van der Waals surface area contributed by atoms with Crippen molar-refractivity contribution in [3.05, 3.63) is 35.9 Å². The molecule has 1 atom stereocenters. The lowest BCUT2D eigenvalue weighted by molar-refractivity contribution is -0.120. The molecule has 0 aliphatic rings. The fourth-order valence-electron chi connectivity index (χ4n) is 1.71. The van der Waals surface area contributed by atoms with Crippen molar-refractivity contribution in [1.29, 1.82) is 0 Å². The molecule has 0 aromatic heterocycles. The Morgan fingerprint density at radius 3 is 2.72 bits per heavy atom. The molecular weight excluding hydrogens is 244 g/mol. The summed E-state index contributed by atoms with van der Waals surface area (Å²) in [6, 6.07) is 9.81. The Kier molecular flexibility index (Phi) is 7.53. The van der Waals surface area contributed by atoms with E-state index in [1.54, 1.807) is 11.8 Å². The lowest BCUT2D eigenvalue weighted by Crippen LogP contribution is -2.34. The predicted molar refractivity (Wildman–Crippen MR) is 78.5 cm³/mol. The highest BCUT2D eigenvalue weighted by atomic mass is 32.2. The smallest absolute Gasteiger partial charge is 0.225 e. The molecule has 4 heteroatoms. The van der Waals surface area contributed by atoms with E-state index in [0.717, 1.165) is 24.2 Å². The van der Waals surface area contributed by atoms with Crippen molar-refractivity contribution < 1.29 is 4.79 Å². The van der Waals surface area contributed by atoms with Crippen LogP contribution in [-0.4, -0.2) is 23.6 Å². The Bertz CT molecular complexity index is 343. The van der Waals surface area contributed by atoms with Crippen molar-refractivity contribution in [3.63, 3.8) is 0 Å². The third-order valence-electron chi connectivity index (χ3n) is 2.57. The van der Waals surface area contributed by atoms with Gasteiger partial charge in [-0.1, -0.05) is 37.3 Å². The van der Waals surface area contributed by atoms with Crippen molar-refractivity contribution in [3.8, 4) is 0 Å². The lowest BCUT2D eigenvalue weighted by atomic mass is 10.1. The van der Waals surface area contributed by atoms with Gasteiger partial charge in [0.1, 0.15) is 0 Å². The molecule has 100 valence electrons. The maximum atomic E-state index is 11.9. The van der Waals surface area contributed by atoms with Gasteiger partial charge in [0, 0.05) is 0 Å². The quantitative estimate of drug-likeness (QED) is 0.709. The van der Waals surface area contributed by atoms with Crippen LogP contribution in [0.25, 0.3) is 0 Å². The van der Waals surface area contributed by atoms with E-state index in [1.165, 1.54) is 0 Å². The minimum Gasteiger partial charge on any atom is -0.344 e. The normalized spacial score (nSPS) is 12.1. The van der Waals surface area contributed by atoms with Crippen LogP contribution in [0.3, 0.4) is 0 Å². The minimum atomic E-state index is 0.0872. The van der Waals surface area contributed by atoms with Gasteiger partial charge in [-0.3, -0.25) is 4.79 Å². The molecule has 0 bridgehead atoms. The van der Waals surface area contributed by atoms with Crippen LogP contribution >= 0.6 is 11.8 Å². The van der Waals surface area contributed by atoms with Gasteiger partial charge in [-0.2, -0.15) is 0 Å². The zero-order chi connectivity index (χ0) is 13.2. The van der Waals surface area contributed by atoms with E-state index < -0.39 is 0 Å². The average molecular weight is 266 g/mol. The minimum absolute atomic E-state index is 0.0872. The van der Waals surface area contributed by atoms with Gasteiger partial charge < -0.3 is 11.1 Å². The molecule has 0 saturated heterocycles. The number of carbonyl (C=O) groups excluding carboxylic acids is 1. The summed E-state index contributed by atoms with van der Waals surface area (Å²) in [6.07, 6.45) is 2.34. The fraction of sp³-hybridized carbons (Fsp3) is 0.500. The van der Waals surface area contributed by atoms with E-state index in [-0.39, 0.29) is 11.3 Å². The Morgan fingerprint density at radius 2 is 2.11 bits per heavy atom. The maximum Gasteiger partial charge on any atom is 0.225 e. The molecule has 1 unspecified atom stereocenters. The summed E-state index contributed by atoms with van der Waals surface area (Å²) in [7, 11) is 0. The summed E-state index contributed by atoms with van der Waals surface area (Å²) in [5.74, 6) is 1.09.